The number of aromatic amines is 1. The molecule has 1 aliphatic carbocycles. The lowest BCUT2D eigenvalue weighted by Crippen LogP contribution is -2.41. The van der Waals surface area contributed by atoms with E-state index >= 15 is 0 Å². The fourth-order valence-corrected chi connectivity index (χ4v) is 4.01. The van der Waals surface area contributed by atoms with Crippen molar-refractivity contribution in [2.24, 2.45) is 0 Å². The highest BCUT2D eigenvalue weighted by atomic mass is 16.2. The Morgan fingerprint density at radius 3 is 2.96 bits per heavy atom. The smallest absolute Gasteiger partial charge is 0.275 e. The van der Waals surface area contributed by atoms with Crippen LogP contribution in [0.1, 0.15) is 45.6 Å². The fraction of sp³-hybridized carbons (Fsp3) is 0.316. The predicted molar refractivity (Wildman–Crippen MR) is 91.9 cm³/mol. The zero-order valence-electron chi connectivity index (χ0n) is 13.9. The summed E-state index contributed by atoms with van der Waals surface area (Å²) in [7, 11) is 0. The number of hydrogen-bond acceptors (Lipinski definition) is 3. The van der Waals surface area contributed by atoms with Gasteiger partial charge in [-0.3, -0.25) is 9.89 Å². The maximum Gasteiger partial charge on any atom is 0.275 e. The van der Waals surface area contributed by atoms with Crippen molar-refractivity contribution in [3.63, 3.8) is 0 Å². The highest BCUT2D eigenvalue weighted by molar-refractivity contribution is 5.94. The van der Waals surface area contributed by atoms with Gasteiger partial charge in [0.05, 0.1) is 12.6 Å². The van der Waals surface area contributed by atoms with Crippen LogP contribution < -0.4 is 0 Å². The second-order valence-corrected chi connectivity index (χ2v) is 6.74. The number of nitrogens with one attached hydrogen (secondary N) is 1. The van der Waals surface area contributed by atoms with Gasteiger partial charge in [-0.25, -0.2) is 4.98 Å². The van der Waals surface area contributed by atoms with E-state index in [0.717, 1.165) is 48.5 Å². The Kier molecular flexibility index (Phi) is 3.23. The normalized spacial score (nSPS) is 18.9. The summed E-state index contributed by atoms with van der Waals surface area (Å²) < 4.78 is 2.14. The Hall–Kier alpha value is -2.89. The van der Waals surface area contributed by atoms with E-state index < -0.39 is 0 Å². The lowest BCUT2D eigenvalue weighted by molar-refractivity contribution is 0.0577. The molecule has 0 saturated heterocycles. The number of carbonyl (C=O) groups is 1. The maximum atomic E-state index is 13.3. The van der Waals surface area contributed by atoms with Crippen LogP contribution in [-0.2, 0) is 25.9 Å². The van der Waals surface area contributed by atoms with Gasteiger partial charge in [0.15, 0.2) is 5.69 Å². The van der Waals surface area contributed by atoms with Crippen molar-refractivity contribution in [2.45, 2.75) is 38.4 Å². The monoisotopic (exact) mass is 333 g/mol. The average molecular weight is 333 g/mol. The molecular weight excluding hydrogens is 314 g/mol. The molecule has 5 rings (SSSR count). The molecule has 0 fully saturated rings. The largest absolute Gasteiger partial charge is 0.331 e. The molecule has 2 aliphatic rings. The standard InChI is InChI=1S/C19H19N5O/c25-19(18-14-7-4-8-15(14)21-22-18)24-12-17-20-9-10-23(17)11-16(24)13-5-2-1-3-6-13/h1-3,5-6,9-10,16H,4,7-8,11-12H2,(H,21,22). The molecule has 0 saturated carbocycles. The summed E-state index contributed by atoms with van der Waals surface area (Å²) in [6, 6.07) is 10.2. The van der Waals surface area contributed by atoms with Gasteiger partial charge in [-0.05, 0) is 24.8 Å². The van der Waals surface area contributed by atoms with Gasteiger partial charge in [0.1, 0.15) is 5.82 Å². The van der Waals surface area contributed by atoms with Crippen LogP contribution in [0.2, 0.25) is 0 Å². The van der Waals surface area contributed by atoms with E-state index in [1.54, 1.807) is 6.20 Å². The summed E-state index contributed by atoms with van der Waals surface area (Å²) in [5.41, 5.74) is 3.96. The van der Waals surface area contributed by atoms with E-state index in [4.69, 9.17) is 0 Å². The number of carbonyl (C=O) groups excluding carboxylic acids is 1. The summed E-state index contributed by atoms with van der Waals surface area (Å²) in [4.78, 5) is 19.7. The third kappa shape index (κ3) is 2.28. The summed E-state index contributed by atoms with van der Waals surface area (Å²) >= 11 is 0. The molecule has 6 heteroatoms. The van der Waals surface area contributed by atoms with Crippen LogP contribution in [0.4, 0.5) is 0 Å². The number of amides is 1. The van der Waals surface area contributed by atoms with Crippen molar-refractivity contribution in [1.82, 2.24) is 24.6 Å². The minimum atomic E-state index is -0.0100. The summed E-state index contributed by atoms with van der Waals surface area (Å²) in [5.74, 6) is 0.926. The number of aryl methyl sites for hydroxylation is 1. The topological polar surface area (TPSA) is 66.8 Å². The molecule has 25 heavy (non-hydrogen) atoms. The van der Waals surface area contributed by atoms with E-state index in [1.165, 1.54) is 0 Å². The molecule has 0 spiro atoms. The third-order valence-electron chi connectivity index (χ3n) is 5.31. The number of fused-ring (bicyclic) bond motifs is 2. The first-order chi connectivity index (χ1) is 12.3. The Morgan fingerprint density at radius 1 is 1.20 bits per heavy atom. The van der Waals surface area contributed by atoms with E-state index in [9.17, 15) is 4.79 Å². The maximum absolute atomic E-state index is 13.3. The van der Waals surface area contributed by atoms with E-state index in [0.29, 0.717) is 12.2 Å². The lowest BCUT2D eigenvalue weighted by atomic mass is 10.0. The first-order valence-electron chi connectivity index (χ1n) is 8.73. The van der Waals surface area contributed by atoms with E-state index in [2.05, 4.69) is 31.9 Å². The highest BCUT2D eigenvalue weighted by Crippen LogP contribution is 2.32. The lowest BCUT2D eigenvalue weighted by Gasteiger charge is -2.36. The first kappa shape index (κ1) is 14.5. The van der Waals surface area contributed by atoms with Crippen molar-refractivity contribution in [3.8, 4) is 0 Å². The Morgan fingerprint density at radius 2 is 2.08 bits per heavy atom. The molecular formula is C19H19N5O. The van der Waals surface area contributed by atoms with Gasteiger partial charge in [-0.2, -0.15) is 5.10 Å². The molecule has 2 aromatic heterocycles. The van der Waals surface area contributed by atoms with Crippen molar-refractivity contribution >= 4 is 5.91 Å². The second-order valence-electron chi connectivity index (χ2n) is 6.74. The summed E-state index contributed by atoms with van der Waals surface area (Å²) in [5, 5.41) is 7.40. The van der Waals surface area contributed by atoms with Gasteiger partial charge in [0.25, 0.3) is 5.91 Å². The summed E-state index contributed by atoms with van der Waals surface area (Å²) in [6.45, 7) is 1.23. The molecule has 6 nitrogen and oxygen atoms in total. The van der Waals surface area contributed by atoms with Crippen molar-refractivity contribution < 1.29 is 4.79 Å². The molecule has 0 bridgehead atoms. The minimum Gasteiger partial charge on any atom is -0.331 e. The van der Waals surface area contributed by atoms with Gasteiger partial charge in [-0.15, -0.1) is 0 Å². The van der Waals surface area contributed by atoms with Crippen LogP contribution in [0, 0.1) is 0 Å². The number of H-pyrrole nitrogens is 1. The molecule has 0 radical (unpaired) electrons. The van der Waals surface area contributed by atoms with Crippen molar-refractivity contribution in [1.29, 1.82) is 0 Å². The molecule has 3 aromatic rings. The first-order valence-corrected chi connectivity index (χ1v) is 8.73. The molecule has 1 aromatic carbocycles. The second kappa shape index (κ2) is 5.58. The average Bonchev–Trinajstić information content (AvgIpc) is 3.37. The zero-order valence-corrected chi connectivity index (χ0v) is 13.9. The Balaban J connectivity index is 1.55. The number of nitrogens with zero attached hydrogens (tertiary/aromatic N) is 4. The number of aromatic nitrogens is 4. The highest BCUT2D eigenvalue weighted by Gasteiger charge is 2.35. The summed E-state index contributed by atoms with van der Waals surface area (Å²) in [6.07, 6.45) is 6.81. The number of imidazole rings is 1. The molecule has 1 N–H and O–H groups in total. The van der Waals surface area contributed by atoms with E-state index in [-0.39, 0.29) is 11.9 Å². The van der Waals surface area contributed by atoms with Crippen molar-refractivity contribution in [2.75, 3.05) is 0 Å². The van der Waals surface area contributed by atoms with Gasteiger partial charge in [0.2, 0.25) is 0 Å². The quantitative estimate of drug-likeness (QED) is 0.783. The van der Waals surface area contributed by atoms with Gasteiger partial charge in [-0.1, -0.05) is 30.3 Å². The van der Waals surface area contributed by atoms with Crippen LogP contribution in [0.25, 0.3) is 0 Å². The molecule has 126 valence electrons. The van der Waals surface area contributed by atoms with Gasteiger partial charge < -0.3 is 9.47 Å². The number of hydrogen-bond donors (Lipinski definition) is 1. The van der Waals surface area contributed by atoms with Crippen LogP contribution in [-0.4, -0.2) is 30.6 Å². The predicted octanol–water partition coefficient (Wildman–Crippen LogP) is 2.49. The third-order valence-corrected chi connectivity index (χ3v) is 5.31. The number of rotatable bonds is 2. The molecule has 1 atom stereocenters. The van der Waals surface area contributed by atoms with Crippen LogP contribution >= 0.6 is 0 Å². The molecule has 1 aliphatic heterocycles. The van der Waals surface area contributed by atoms with Gasteiger partial charge >= 0.3 is 0 Å². The van der Waals surface area contributed by atoms with Crippen molar-refractivity contribution in [3.05, 3.63) is 71.1 Å². The van der Waals surface area contributed by atoms with Crippen LogP contribution in [0.5, 0.6) is 0 Å². The van der Waals surface area contributed by atoms with Crippen LogP contribution in [0.3, 0.4) is 0 Å². The van der Waals surface area contributed by atoms with Crippen LogP contribution in [0.15, 0.2) is 42.7 Å². The molecule has 1 unspecified atom stereocenters. The Labute approximate surface area is 145 Å². The minimum absolute atomic E-state index is 0.00232. The SMILES string of the molecule is O=C(c1n[nH]c2c1CCC2)N1Cc2nccn2CC1c1ccccc1. The zero-order chi connectivity index (χ0) is 16.8. The fourth-order valence-electron chi connectivity index (χ4n) is 4.01. The molecule has 3 heterocycles. The van der Waals surface area contributed by atoms with Gasteiger partial charge in [0, 0.05) is 30.2 Å². The van der Waals surface area contributed by atoms with E-state index in [1.807, 2.05) is 29.3 Å². The Bertz CT molecular complexity index is 926. The molecule has 1 amide bonds. The number of benzene rings is 1.